The van der Waals surface area contributed by atoms with Crippen LogP contribution in [0.4, 0.5) is 0 Å². The van der Waals surface area contributed by atoms with E-state index in [9.17, 15) is 14.1 Å². The van der Waals surface area contributed by atoms with Gasteiger partial charge in [0.2, 0.25) is 11.0 Å². The van der Waals surface area contributed by atoms with Gasteiger partial charge in [0, 0.05) is 11.5 Å². The summed E-state index contributed by atoms with van der Waals surface area (Å²) in [5.74, 6) is -0.282. The van der Waals surface area contributed by atoms with E-state index in [1.54, 1.807) is 0 Å². The molecule has 0 aliphatic heterocycles. The van der Waals surface area contributed by atoms with Gasteiger partial charge in [0.15, 0.2) is 5.65 Å². The topological polar surface area (TPSA) is 141 Å². The first-order chi connectivity index (χ1) is 11.5. The van der Waals surface area contributed by atoms with Crippen molar-refractivity contribution < 1.29 is 9.32 Å². The third-order valence-electron chi connectivity index (χ3n) is 3.49. The Morgan fingerprint density at radius 2 is 2.21 bits per heavy atom. The van der Waals surface area contributed by atoms with E-state index >= 15 is 0 Å². The monoisotopic (exact) mass is 347 g/mol. The minimum Gasteiger partial charge on any atom is -0.493 e. The fraction of sp³-hybridized carbons (Fsp3) is 0.308. The smallest absolute Gasteiger partial charge is 0.326 e. The maximum Gasteiger partial charge on any atom is 0.326 e. The molecule has 0 amide bonds. The van der Waals surface area contributed by atoms with Crippen LogP contribution in [-0.4, -0.2) is 51.2 Å². The number of aromatic hydroxyl groups is 1. The first-order valence-electron chi connectivity index (χ1n) is 7.17. The molecule has 3 N–H and O–H groups in total. The first-order valence-corrected chi connectivity index (χ1v) is 8.73. The number of rotatable bonds is 3. The van der Waals surface area contributed by atoms with Crippen LogP contribution in [0.15, 0.2) is 21.1 Å². The quantitative estimate of drug-likeness (QED) is 0.510. The van der Waals surface area contributed by atoms with Gasteiger partial charge < -0.3 is 10.1 Å². The van der Waals surface area contributed by atoms with Gasteiger partial charge >= 0.3 is 5.69 Å². The number of aromatic amines is 2. The second-order valence-corrected chi connectivity index (χ2v) is 6.72. The van der Waals surface area contributed by atoms with Crippen molar-refractivity contribution in [2.75, 3.05) is 6.26 Å². The summed E-state index contributed by atoms with van der Waals surface area (Å²) in [6.45, 7) is 0. The minimum absolute atomic E-state index is 0.156. The molecule has 1 fully saturated rings. The Bertz CT molecular complexity index is 1140. The summed E-state index contributed by atoms with van der Waals surface area (Å²) in [5.41, 5.74) is 0.424. The molecular formula is C13H13N7O3S. The van der Waals surface area contributed by atoms with Gasteiger partial charge in [-0.2, -0.15) is 19.6 Å². The molecule has 0 spiro atoms. The van der Waals surface area contributed by atoms with Crippen LogP contribution >= 0.6 is 0 Å². The second kappa shape index (κ2) is 5.37. The lowest BCUT2D eigenvalue weighted by Gasteiger charge is -1.98. The predicted molar refractivity (Wildman–Crippen MR) is 83.6 cm³/mol. The van der Waals surface area contributed by atoms with Crippen molar-refractivity contribution in [2.24, 2.45) is 4.99 Å². The van der Waals surface area contributed by atoms with E-state index < -0.39 is 16.5 Å². The highest BCUT2D eigenvalue weighted by Gasteiger charge is 2.21. The predicted octanol–water partition coefficient (Wildman–Crippen LogP) is -1.81. The molecule has 1 atom stereocenters. The zero-order valence-corrected chi connectivity index (χ0v) is 13.4. The van der Waals surface area contributed by atoms with Crippen molar-refractivity contribution >= 4 is 22.5 Å². The van der Waals surface area contributed by atoms with Crippen LogP contribution in [0.5, 0.6) is 5.88 Å². The number of aromatic nitrogens is 6. The number of imidazole rings is 1. The summed E-state index contributed by atoms with van der Waals surface area (Å²) in [6, 6.07) is 0.211. The van der Waals surface area contributed by atoms with E-state index in [1.165, 1.54) is 23.0 Å². The summed E-state index contributed by atoms with van der Waals surface area (Å²) < 4.78 is 13.3. The van der Waals surface area contributed by atoms with Gasteiger partial charge in [-0.05, 0) is 18.9 Å². The van der Waals surface area contributed by atoms with Crippen molar-refractivity contribution in [3.05, 3.63) is 33.2 Å². The number of H-pyrrole nitrogens is 2. The minimum atomic E-state index is -1.38. The molecule has 0 saturated heterocycles. The van der Waals surface area contributed by atoms with E-state index in [0.717, 1.165) is 12.8 Å². The Morgan fingerprint density at radius 1 is 1.42 bits per heavy atom. The molecule has 1 aliphatic carbocycles. The molecule has 24 heavy (non-hydrogen) atoms. The SMILES string of the molecule is CS(=O)c1nc(=NC2CC2)n2nc/c(=C/c3[nH]c(=O)[nH]c3O)c2n1. The van der Waals surface area contributed by atoms with Crippen LogP contribution in [0.25, 0.3) is 11.7 Å². The normalized spacial score (nSPS) is 17.7. The zero-order chi connectivity index (χ0) is 16.8. The van der Waals surface area contributed by atoms with Crippen molar-refractivity contribution in [3.63, 3.8) is 0 Å². The third kappa shape index (κ3) is 2.62. The van der Waals surface area contributed by atoms with Gasteiger partial charge in [0.05, 0.1) is 23.0 Å². The lowest BCUT2D eigenvalue weighted by Crippen LogP contribution is -2.25. The van der Waals surface area contributed by atoms with E-state index in [4.69, 9.17) is 0 Å². The molecule has 4 rings (SSSR count). The number of hydrogen-bond donors (Lipinski definition) is 3. The molecule has 3 heterocycles. The summed E-state index contributed by atoms with van der Waals surface area (Å²) >= 11 is 0. The largest absolute Gasteiger partial charge is 0.493 e. The Morgan fingerprint density at radius 3 is 2.83 bits per heavy atom. The highest BCUT2D eigenvalue weighted by molar-refractivity contribution is 7.84. The molecule has 10 nitrogen and oxygen atoms in total. The summed E-state index contributed by atoms with van der Waals surface area (Å²) in [4.78, 5) is 28.9. The summed E-state index contributed by atoms with van der Waals surface area (Å²) in [6.07, 6.45) is 6.51. The van der Waals surface area contributed by atoms with E-state index in [0.29, 0.717) is 16.5 Å². The van der Waals surface area contributed by atoms with Gasteiger partial charge in [-0.25, -0.2) is 9.79 Å². The molecule has 1 unspecified atom stereocenters. The molecule has 3 aromatic heterocycles. The molecule has 1 aliphatic rings. The zero-order valence-electron chi connectivity index (χ0n) is 12.6. The molecule has 0 aromatic carbocycles. The molecular weight excluding hydrogens is 334 g/mol. The molecule has 11 heteroatoms. The molecule has 0 bridgehead atoms. The van der Waals surface area contributed by atoms with Gasteiger partial charge in [-0.1, -0.05) is 0 Å². The van der Waals surface area contributed by atoms with Gasteiger partial charge in [0.1, 0.15) is 5.69 Å². The maximum atomic E-state index is 11.8. The lowest BCUT2D eigenvalue weighted by atomic mass is 10.3. The van der Waals surface area contributed by atoms with Crippen LogP contribution < -0.4 is 16.5 Å². The Labute approximate surface area is 136 Å². The molecule has 124 valence electrons. The highest BCUT2D eigenvalue weighted by atomic mass is 32.2. The van der Waals surface area contributed by atoms with E-state index in [-0.39, 0.29) is 22.8 Å². The summed E-state index contributed by atoms with van der Waals surface area (Å²) in [7, 11) is -1.38. The van der Waals surface area contributed by atoms with Crippen molar-refractivity contribution in [2.45, 2.75) is 24.0 Å². The van der Waals surface area contributed by atoms with Gasteiger partial charge in [0.25, 0.3) is 5.62 Å². The number of nitrogens with zero attached hydrogens (tertiary/aromatic N) is 5. The van der Waals surface area contributed by atoms with E-state index in [2.05, 4.69) is 30.0 Å². The number of nitrogens with one attached hydrogen (secondary N) is 2. The van der Waals surface area contributed by atoms with E-state index in [1.807, 2.05) is 0 Å². The Balaban J connectivity index is 2.01. The molecule has 3 aromatic rings. The average Bonchev–Trinajstić information content (AvgIpc) is 3.16. The number of hydrogen-bond acceptors (Lipinski definition) is 7. The average molecular weight is 347 g/mol. The van der Waals surface area contributed by atoms with Crippen molar-refractivity contribution in [1.82, 2.24) is 29.5 Å². The number of fused-ring (bicyclic) bond motifs is 1. The van der Waals surface area contributed by atoms with Crippen LogP contribution in [0, 0.1) is 0 Å². The Kier molecular flexibility index (Phi) is 3.30. The maximum absolute atomic E-state index is 11.8. The van der Waals surface area contributed by atoms with Gasteiger partial charge in [-0.15, -0.1) is 0 Å². The molecule has 1 saturated carbocycles. The first kappa shape index (κ1) is 14.8. The lowest BCUT2D eigenvalue weighted by molar-refractivity contribution is 0.454. The van der Waals surface area contributed by atoms with Crippen LogP contribution in [-0.2, 0) is 10.8 Å². The van der Waals surface area contributed by atoms with Crippen LogP contribution in [0.3, 0.4) is 0 Å². The second-order valence-electron chi connectivity index (χ2n) is 5.44. The standard InChI is InChI=1S/C13H13N7O3S/c1-24(23)13-17-9-6(4-8-10(21)18-12(22)16-8)5-14-20(9)11(19-13)15-7-2-3-7/h4-5,7,21H,2-3H2,1H3,(H2,16,18,22)/b6-4-,15-11?. The third-order valence-corrected chi connectivity index (χ3v) is 4.19. The van der Waals surface area contributed by atoms with Crippen molar-refractivity contribution in [1.29, 1.82) is 0 Å². The highest BCUT2D eigenvalue weighted by Crippen LogP contribution is 2.22. The van der Waals surface area contributed by atoms with Crippen LogP contribution in [0.1, 0.15) is 18.5 Å². The summed E-state index contributed by atoms with van der Waals surface area (Å²) in [5, 5.41) is 14.6. The fourth-order valence-corrected chi connectivity index (χ4v) is 2.62. The Hall–Kier alpha value is -2.82. The van der Waals surface area contributed by atoms with Crippen LogP contribution in [0.2, 0.25) is 0 Å². The molecule has 0 radical (unpaired) electrons. The fourth-order valence-electron chi connectivity index (χ4n) is 2.19. The van der Waals surface area contributed by atoms with Gasteiger partial charge in [-0.3, -0.25) is 9.19 Å². The van der Waals surface area contributed by atoms with Crippen molar-refractivity contribution in [3.8, 4) is 5.88 Å².